The van der Waals surface area contributed by atoms with E-state index in [0.717, 1.165) is 37.0 Å². The van der Waals surface area contributed by atoms with Gasteiger partial charge in [0.25, 0.3) is 0 Å². The number of aromatic nitrogens is 2. The highest BCUT2D eigenvalue weighted by atomic mass is 35.5. The van der Waals surface area contributed by atoms with Crippen molar-refractivity contribution in [3.8, 4) is 0 Å². The zero-order chi connectivity index (χ0) is 13.9. The van der Waals surface area contributed by atoms with E-state index >= 15 is 0 Å². The van der Waals surface area contributed by atoms with Gasteiger partial charge in [-0.25, -0.2) is 4.98 Å². The molecule has 1 amide bonds. The number of carbonyl (C=O) groups excluding carboxylic acids is 1. The van der Waals surface area contributed by atoms with Crippen molar-refractivity contribution in [2.24, 2.45) is 5.73 Å². The molecule has 3 rings (SSSR count). The van der Waals surface area contributed by atoms with Crippen LogP contribution in [0.5, 0.6) is 0 Å². The van der Waals surface area contributed by atoms with Crippen LogP contribution in [0.2, 0.25) is 0 Å². The molecule has 122 valence electrons. The lowest BCUT2D eigenvalue weighted by molar-refractivity contribution is -0.132. The SMILES string of the molecule is Cl.Cl.NC1CCN(C(=O)CCn2cnc3ccccc32)CC1. The molecule has 0 spiro atoms. The molecule has 0 aliphatic carbocycles. The number of rotatable bonds is 3. The van der Waals surface area contributed by atoms with E-state index in [1.165, 1.54) is 0 Å². The molecule has 2 N–H and O–H groups in total. The third kappa shape index (κ3) is 4.12. The maximum atomic E-state index is 12.2. The second kappa shape index (κ2) is 8.36. The number of nitrogens with two attached hydrogens (primary N) is 1. The topological polar surface area (TPSA) is 64.2 Å². The Morgan fingerprint density at radius 2 is 1.91 bits per heavy atom. The lowest BCUT2D eigenvalue weighted by Crippen LogP contribution is -2.43. The first-order valence-corrected chi connectivity index (χ1v) is 7.17. The van der Waals surface area contributed by atoms with Gasteiger partial charge in [-0.1, -0.05) is 12.1 Å². The molecule has 5 nitrogen and oxygen atoms in total. The molecular weight excluding hydrogens is 323 g/mol. The van der Waals surface area contributed by atoms with E-state index in [2.05, 4.69) is 4.98 Å². The molecule has 0 bridgehead atoms. The quantitative estimate of drug-likeness (QED) is 0.928. The number of piperidine rings is 1. The van der Waals surface area contributed by atoms with E-state index in [9.17, 15) is 4.79 Å². The molecule has 2 heterocycles. The van der Waals surface area contributed by atoms with Crippen LogP contribution < -0.4 is 5.73 Å². The van der Waals surface area contributed by atoms with Crippen molar-refractivity contribution < 1.29 is 4.79 Å². The summed E-state index contributed by atoms with van der Waals surface area (Å²) >= 11 is 0. The molecule has 0 atom stereocenters. The van der Waals surface area contributed by atoms with Crippen molar-refractivity contribution in [2.45, 2.75) is 31.8 Å². The summed E-state index contributed by atoms with van der Waals surface area (Å²) in [5.74, 6) is 0.217. The smallest absolute Gasteiger partial charge is 0.224 e. The number of fused-ring (bicyclic) bond motifs is 1. The van der Waals surface area contributed by atoms with E-state index in [4.69, 9.17) is 5.73 Å². The number of aryl methyl sites for hydroxylation is 1. The first-order chi connectivity index (χ1) is 9.74. The van der Waals surface area contributed by atoms with Crippen LogP contribution >= 0.6 is 24.8 Å². The summed E-state index contributed by atoms with van der Waals surface area (Å²) in [7, 11) is 0. The molecule has 0 unspecified atom stereocenters. The summed E-state index contributed by atoms with van der Waals surface area (Å²) in [6.45, 7) is 2.28. The molecule has 7 heteroatoms. The van der Waals surface area contributed by atoms with Gasteiger partial charge in [0, 0.05) is 32.1 Å². The highest BCUT2D eigenvalue weighted by molar-refractivity contribution is 5.85. The number of hydrogen-bond donors (Lipinski definition) is 1. The second-order valence-electron chi connectivity index (χ2n) is 5.39. The summed E-state index contributed by atoms with van der Waals surface area (Å²) in [5.41, 5.74) is 7.92. The molecular formula is C15H22Cl2N4O. The van der Waals surface area contributed by atoms with Crippen molar-refractivity contribution in [1.82, 2.24) is 14.5 Å². The van der Waals surface area contributed by atoms with Crippen LogP contribution in [0, 0.1) is 0 Å². The molecule has 22 heavy (non-hydrogen) atoms. The van der Waals surface area contributed by atoms with E-state index < -0.39 is 0 Å². The van der Waals surface area contributed by atoms with Crippen molar-refractivity contribution >= 4 is 41.8 Å². The standard InChI is InChI=1S/C15H20N4O.2ClH/c16-12-5-8-18(9-6-12)15(20)7-10-19-11-17-13-3-1-2-4-14(13)19;;/h1-4,11-12H,5-10,16H2;2*1H. The number of amides is 1. The summed E-state index contributed by atoms with van der Waals surface area (Å²) < 4.78 is 2.04. The first-order valence-electron chi connectivity index (χ1n) is 7.17. The fourth-order valence-corrected chi connectivity index (χ4v) is 2.71. The van der Waals surface area contributed by atoms with Gasteiger partial charge in [0.05, 0.1) is 17.4 Å². The summed E-state index contributed by atoms with van der Waals surface area (Å²) in [4.78, 5) is 18.5. The highest BCUT2D eigenvalue weighted by Crippen LogP contribution is 2.14. The third-order valence-corrected chi connectivity index (χ3v) is 3.99. The number of nitrogens with zero attached hydrogens (tertiary/aromatic N) is 3. The zero-order valence-electron chi connectivity index (χ0n) is 12.4. The van der Waals surface area contributed by atoms with Crippen molar-refractivity contribution in [3.05, 3.63) is 30.6 Å². The van der Waals surface area contributed by atoms with E-state index in [1.807, 2.05) is 40.1 Å². The number of likely N-dealkylation sites (tertiary alicyclic amines) is 1. The van der Waals surface area contributed by atoms with Crippen LogP contribution in [0.4, 0.5) is 0 Å². The first kappa shape index (κ1) is 18.7. The second-order valence-corrected chi connectivity index (χ2v) is 5.39. The Balaban J connectivity index is 0.00000121. The van der Waals surface area contributed by atoms with Crippen LogP contribution in [0.15, 0.2) is 30.6 Å². The van der Waals surface area contributed by atoms with Crippen molar-refractivity contribution in [1.29, 1.82) is 0 Å². The normalized spacial score (nSPS) is 15.2. The number of benzene rings is 1. The minimum absolute atomic E-state index is 0. The predicted octanol–water partition coefficient (Wildman–Crippen LogP) is 2.22. The molecule has 1 aliphatic heterocycles. The van der Waals surface area contributed by atoms with E-state index in [-0.39, 0.29) is 36.8 Å². The van der Waals surface area contributed by atoms with Gasteiger partial charge in [-0.2, -0.15) is 0 Å². The van der Waals surface area contributed by atoms with Gasteiger partial charge in [-0.3, -0.25) is 4.79 Å². The van der Waals surface area contributed by atoms with E-state index in [1.54, 1.807) is 0 Å². The molecule has 1 aromatic carbocycles. The molecule has 0 saturated carbocycles. The predicted molar refractivity (Wildman–Crippen MR) is 92.6 cm³/mol. The number of imidazole rings is 1. The summed E-state index contributed by atoms with van der Waals surface area (Å²) in [5, 5.41) is 0. The van der Waals surface area contributed by atoms with Gasteiger partial charge in [0.15, 0.2) is 0 Å². The Morgan fingerprint density at radius 1 is 1.23 bits per heavy atom. The fourth-order valence-electron chi connectivity index (χ4n) is 2.71. The minimum Gasteiger partial charge on any atom is -0.343 e. The van der Waals surface area contributed by atoms with Crippen LogP contribution in [0.3, 0.4) is 0 Å². The Hall–Kier alpha value is -1.30. The molecule has 0 radical (unpaired) electrons. The lowest BCUT2D eigenvalue weighted by atomic mass is 10.1. The van der Waals surface area contributed by atoms with Gasteiger partial charge in [-0.15, -0.1) is 24.8 Å². The maximum Gasteiger partial charge on any atom is 0.224 e. The van der Waals surface area contributed by atoms with Gasteiger partial charge in [-0.05, 0) is 25.0 Å². The number of para-hydroxylation sites is 2. The van der Waals surface area contributed by atoms with Gasteiger partial charge in [0.2, 0.25) is 5.91 Å². The Bertz CT molecular complexity index is 608. The van der Waals surface area contributed by atoms with Crippen LogP contribution in [0.25, 0.3) is 11.0 Å². The molecule has 2 aromatic rings. The number of halogens is 2. The zero-order valence-corrected chi connectivity index (χ0v) is 14.0. The number of carbonyl (C=O) groups is 1. The minimum atomic E-state index is 0. The maximum absolute atomic E-state index is 12.2. The van der Waals surface area contributed by atoms with Crippen LogP contribution in [0.1, 0.15) is 19.3 Å². The Labute approximate surface area is 142 Å². The van der Waals surface area contributed by atoms with Gasteiger partial charge < -0.3 is 15.2 Å². The average molecular weight is 345 g/mol. The number of hydrogen-bond acceptors (Lipinski definition) is 3. The van der Waals surface area contributed by atoms with Crippen LogP contribution in [-0.4, -0.2) is 39.5 Å². The van der Waals surface area contributed by atoms with Gasteiger partial charge >= 0.3 is 0 Å². The molecule has 1 aliphatic rings. The molecule has 1 fully saturated rings. The lowest BCUT2D eigenvalue weighted by Gasteiger charge is -2.30. The summed E-state index contributed by atoms with van der Waals surface area (Å²) in [6, 6.07) is 8.25. The molecule has 1 saturated heterocycles. The van der Waals surface area contributed by atoms with Crippen molar-refractivity contribution in [3.63, 3.8) is 0 Å². The van der Waals surface area contributed by atoms with Gasteiger partial charge in [0.1, 0.15) is 0 Å². The average Bonchev–Trinajstić information content (AvgIpc) is 2.89. The monoisotopic (exact) mass is 344 g/mol. The van der Waals surface area contributed by atoms with Crippen LogP contribution in [-0.2, 0) is 11.3 Å². The fraction of sp³-hybridized carbons (Fsp3) is 0.467. The summed E-state index contributed by atoms with van der Waals surface area (Å²) in [6.07, 6.45) is 4.17. The Kier molecular flexibility index (Phi) is 7.13. The third-order valence-electron chi connectivity index (χ3n) is 3.99. The Morgan fingerprint density at radius 3 is 2.64 bits per heavy atom. The molecule has 1 aromatic heterocycles. The highest BCUT2D eigenvalue weighted by Gasteiger charge is 2.20. The van der Waals surface area contributed by atoms with Crippen molar-refractivity contribution in [2.75, 3.05) is 13.1 Å². The van der Waals surface area contributed by atoms with E-state index in [0.29, 0.717) is 13.0 Å². The largest absolute Gasteiger partial charge is 0.343 e.